The normalized spacial score (nSPS) is 10.3. The van der Waals surface area contributed by atoms with E-state index in [1.807, 2.05) is 30.3 Å². The first-order valence-corrected chi connectivity index (χ1v) is 8.85. The maximum atomic E-state index is 12.0. The summed E-state index contributed by atoms with van der Waals surface area (Å²) in [5.41, 5.74) is 1.94. The Balaban J connectivity index is 1.44. The predicted octanol–water partition coefficient (Wildman–Crippen LogP) is 2.44. The monoisotopic (exact) mass is 379 g/mol. The molecule has 3 rings (SSSR count). The lowest BCUT2D eigenvalue weighted by atomic mass is 10.1. The number of amides is 2. The number of aromatic nitrogens is 1. The van der Waals surface area contributed by atoms with E-state index in [1.165, 1.54) is 0 Å². The molecule has 7 nitrogen and oxygen atoms in total. The van der Waals surface area contributed by atoms with Crippen LogP contribution in [-0.4, -0.2) is 37.2 Å². The van der Waals surface area contributed by atoms with Gasteiger partial charge in [0.2, 0.25) is 5.91 Å². The van der Waals surface area contributed by atoms with E-state index < -0.39 is 0 Å². The van der Waals surface area contributed by atoms with Crippen molar-refractivity contribution in [3.05, 3.63) is 71.9 Å². The van der Waals surface area contributed by atoms with Crippen molar-refractivity contribution in [1.29, 1.82) is 0 Å². The summed E-state index contributed by atoms with van der Waals surface area (Å²) in [6, 6.07) is 18.0. The second-order valence-electron chi connectivity index (χ2n) is 6.06. The lowest BCUT2D eigenvalue weighted by Gasteiger charge is -2.06. The minimum absolute atomic E-state index is 0.0973. The van der Waals surface area contributed by atoms with E-state index in [9.17, 15) is 9.59 Å². The van der Waals surface area contributed by atoms with E-state index in [-0.39, 0.29) is 18.2 Å². The van der Waals surface area contributed by atoms with E-state index in [0.29, 0.717) is 35.9 Å². The zero-order valence-electron chi connectivity index (χ0n) is 15.5. The number of carbonyl (C=O) groups is 2. The number of ether oxygens (including phenoxy) is 1. The molecule has 144 valence electrons. The molecule has 0 unspecified atom stereocenters. The number of hydrogen-bond acceptors (Lipinski definition) is 5. The van der Waals surface area contributed by atoms with Gasteiger partial charge in [-0.15, -0.1) is 0 Å². The van der Waals surface area contributed by atoms with Crippen LogP contribution in [0, 0.1) is 0 Å². The van der Waals surface area contributed by atoms with Crippen LogP contribution in [0.15, 0.2) is 65.2 Å². The Kier molecular flexibility index (Phi) is 6.41. The third-order valence-electron chi connectivity index (χ3n) is 4.02. The molecule has 0 aliphatic carbocycles. The van der Waals surface area contributed by atoms with Crippen molar-refractivity contribution in [3.63, 3.8) is 0 Å². The van der Waals surface area contributed by atoms with Crippen LogP contribution in [0.25, 0.3) is 11.3 Å². The Labute approximate surface area is 162 Å². The molecule has 0 radical (unpaired) electrons. The average molecular weight is 379 g/mol. The number of nitrogens with zero attached hydrogens (tertiary/aromatic N) is 1. The molecule has 0 spiro atoms. The molecule has 2 N–H and O–H groups in total. The lowest BCUT2D eigenvalue weighted by molar-refractivity contribution is -0.120. The van der Waals surface area contributed by atoms with Gasteiger partial charge in [0.25, 0.3) is 5.91 Å². The molecular weight excluding hydrogens is 358 g/mol. The first-order chi connectivity index (χ1) is 13.7. The average Bonchev–Trinajstić information content (AvgIpc) is 3.20. The van der Waals surface area contributed by atoms with Gasteiger partial charge in [-0.1, -0.05) is 35.5 Å². The summed E-state index contributed by atoms with van der Waals surface area (Å²) < 4.78 is 10.5. The Morgan fingerprint density at radius 2 is 1.79 bits per heavy atom. The fourth-order valence-corrected chi connectivity index (χ4v) is 2.60. The van der Waals surface area contributed by atoms with Gasteiger partial charge in [-0.2, -0.15) is 0 Å². The Morgan fingerprint density at radius 1 is 1.00 bits per heavy atom. The van der Waals surface area contributed by atoms with Gasteiger partial charge in [0.05, 0.1) is 19.2 Å². The predicted molar refractivity (Wildman–Crippen MR) is 104 cm³/mol. The summed E-state index contributed by atoms with van der Waals surface area (Å²) in [5, 5.41) is 9.44. The number of benzene rings is 2. The van der Waals surface area contributed by atoms with Gasteiger partial charge in [-0.25, -0.2) is 0 Å². The summed E-state index contributed by atoms with van der Waals surface area (Å²) in [6.07, 6.45) is 0.0973. The quantitative estimate of drug-likeness (QED) is 0.587. The summed E-state index contributed by atoms with van der Waals surface area (Å²) in [5.74, 6) is 0.913. The topological polar surface area (TPSA) is 93.5 Å². The second-order valence-corrected chi connectivity index (χ2v) is 6.06. The van der Waals surface area contributed by atoms with Crippen molar-refractivity contribution in [3.8, 4) is 17.1 Å². The smallest absolute Gasteiger partial charge is 0.251 e. The SMILES string of the molecule is COc1cccc(-c2cc(CC(=O)NCCNC(=O)c3ccccc3)no2)c1. The van der Waals surface area contributed by atoms with Crippen LogP contribution in [0.5, 0.6) is 5.75 Å². The third kappa shape index (κ3) is 5.20. The van der Waals surface area contributed by atoms with Crippen LogP contribution in [0.1, 0.15) is 16.1 Å². The number of hydrogen-bond donors (Lipinski definition) is 2. The van der Waals surface area contributed by atoms with Gasteiger partial charge < -0.3 is 19.9 Å². The number of nitrogens with one attached hydrogen (secondary N) is 2. The van der Waals surface area contributed by atoms with E-state index >= 15 is 0 Å². The van der Waals surface area contributed by atoms with Crippen molar-refractivity contribution in [2.45, 2.75) is 6.42 Å². The highest BCUT2D eigenvalue weighted by atomic mass is 16.5. The zero-order chi connectivity index (χ0) is 19.8. The van der Waals surface area contributed by atoms with E-state index in [0.717, 1.165) is 5.56 Å². The number of methoxy groups -OCH3 is 1. The van der Waals surface area contributed by atoms with Crippen LogP contribution < -0.4 is 15.4 Å². The summed E-state index contributed by atoms with van der Waals surface area (Å²) >= 11 is 0. The molecule has 28 heavy (non-hydrogen) atoms. The zero-order valence-corrected chi connectivity index (χ0v) is 15.5. The van der Waals surface area contributed by atoms with Crippen LogP contribution >= 0.6 is 0 Å². The fourth-order valence-electron chi connectivity index (χ4n) is 2.60. The molecule has 0 bridgehead atoms. The first kappa shape index (κ1) is 19.2. The number of carbonyl (C=O) groups excluding carboxylic acids is 2. The molecule has 0 aliphatic rings. The number of rotatable bonds is 8. The van der Waals surface area contributed by atoms with E-state index in [4.69, 9.17) is 9.26 Å². The maximum absolute atomic E-state index is 12.0. The van der Waals surface area contributed by atoms with Gasteiger partial charge in [0, 0.05) is 30.3 Å². The highest BCUT2D eigenvalue weighted by Crippen LogP contribution is 2.24. The Hall–Kier alpha value is -3.61. The summed E-state index contributed by atoms with van der Waals surface area (Å²) in [6.45, 7) is 0.672. The molecular formula is C21H21N3O4. The summed E-state index contributed by atoms with van der Waals surface area (Å²) in [4.78, 5) is 24.0. The molecule has 2 aromatic carbocycles. The van der Waals surface area contributed by atoms with Crippen molar-refractivity contribution in [2.24, 2.45) is 0 Å². The van der Waals surface area contributed by atoms with Crippen molar-refractivity contribution in [2.75, 3.05) is 20.2 Å². The van der Waals surface area contributed by atoms with Crippen molar-refractivity contribution in [1.82, 2.24) is 15.8 Å². The highest BCUT2D eigenvalue weighted by molar-refractivity contribution is 5.94. The maximum Gasteiger partial charge on any atom is 0.251 e. The molecule has 2 amide bonds. The lowest BCUT2D eigenvalue weighted by Crippen LogP contribution is -2.35. The van der Waals surface area contributed by atoms with E-state index in [2.05, 4.69) is 15.8 Å². The fraction of sp³-hybridized carbons (Fsp3) is 0.190. The molecule has 7 heteroatoms. The largest absolute Gasteiger partial charge is 0.497 e. The molecule has 1 heterocycles. The Bertz CT molecular complexity index is 938. The van der Waals surface area contributed by atoms with Crippen LogP contribution in [-0.2, 0) is 11.2 Å². The van der Waals surface area contributed by atoms with Gasteiger partial charge in [0.1, 0.15) is 5.75 Å². The molecule has 0 fully saturated rings. The molecule has 0 aliphatic heterocycles. The molecule has 3 aromatic rings. The van der Waals surface area contributed by atoms with Gasteiger partial charge in [-0.05, 0) is 24.3 Å². The minimum atomic E-state index is -0.195. The van der Waals surface area contributed by atoms with Gasteiger partial charge in [0.15, 0.2) is 5.76 Å². The van der Waals surface area contributed by atoms with Crippen molar-refractivity contribution < 1.29 is 18.8 Å². The highest BCUT2D eigenvalue weighted by Gasteiger charge is 2.11. The van der Waals surface area contributed by atoms with E-state index in [1.54, 1.807) is 37.4 Å². The molecule has 1 aromatic heterocycles. The van der Waals surface area contributed by atoms with Crippen molar-refractivity contribution >= 4 is 11.8 Å². The molecule has 0 saturated carbocycles. The summed E-state index contributed by atoms with van der Waals surface area (Å²) in [7, 11) is 1.59. The first-order valence-electron chi connectivity index (χ1n) is 8.85. The van der Waals surface area contributed by atoms with Crippen LogP contribution in [0.4, 0.5) is 0 Å². The van der Waals surface area contributed by atoms with Gasteiger partial charge in [-0.3, -0.25) is 9.59 Å². The van der Waals surface area contributed by atoms with Crippen LogP contribution in [0.3, 0.4) is 0 Å². The van der Waals surface area contributed by atoms with Gasteiger partial charge >= 0.3 is 0 Å². The van der Waals surface area contributed by atoms with Crippen LogP contribution in [0.2, 0.25) is 0 Å². The second kappa shape index (κ2) is 9.36. The third-order valence-corrected chi connectivity index (χ3v) is 4.02. The Morgan fingerprint density at radius 3 is 2.57 bits per heavy atom. The minimum Gasteiger partial charge on any atom is -0.497 e. The standard InChI is InChI=1S/C21H21N3O4/c1-27-18-9-5-8-16(12-18)19-13-17(24-28-19)14-20(25)22-10-11-23-21(26)15-6-3-2-4-7-15/h2-9,12-13H,10-11,14H2,1H3,(H,22,25)(H,23,26). The molecule has 0 atom stereocenters. The molecule has 0 saturated heterocycles.